The molecule has 0 spiro atoms. The molecule has 6 rings (SSSR count). The fraction of sp³-hybridized carbons (Fsp3) is 0.421. The van der Waals surface area contributed by atoms with E-state index in [1.54, 1.807) is 12.1 Å². The van der Waals surface area contributed by atoms with Crippen LogP contribution < -0.4 is 9.80 Å². The number of rotatable bonds is 7. The van der Waals surface area contributed by atoms with E-state index in [0.29, 0.717) is 0 Å². The molecule has 0 amide bonds. The van der Waals surface area contributed by atoms with E-state index in [9.17, 15) is 8.78 Å². The lowest BCUT2D eigenvalue weighted by Gasteiger charge is -2.26. The predicted octanol–water partition coefficient (Wildman–Crippen LogP) is 9.48. The lowest BCUT2D eigenvalue weighted by molar-refractivity contribution is 0.567. The van der Waals surface area contributed by atoms with Crippen LogP contribution in [0.15, 0.2) is 79.4 Å². The molecule has 246 valence electrons. The average molecular weight is 629 g/mol. The molecule has 2 aliphatic rings. The van der Waals surface area contributed by atoms with Crippen LogP contribution in [0, 0.1) is 11.6 Å². The minimum absolute atomic E-state index is 0. The molecule has 6 nitrogen and oxygen atoms in total. The maximum Gasteiger partial charge on any atom is 0.225 e. The summed E-state index contributed by atoms with van der Waals surface area (Å²) in [5.74, 6) is 1.43. The van der Waals surface area contributed by atoms with Crippen LogP contribution in [0.5, 0.6) is 0 Å². The summed E-state index contributed by atoms with van der Waals surface area (Å²) in [5.41, 5.74) is 5.14. The van der Waals surface area contributed by atoms with E-state index in [2.05, 4.69) is 36.7 Å². The van der Waals surface area contributed by atoms with Crippen molar-refractivity contribution in [1.29, 1.82) is 0 Å². The van der Waals surface area contributed by atoms with Crippen LogP contribution >= 0.6 is 0 Å². The molecule has 0 radical (unpaired) electrons. The lowest BCUT2D eigenvalue weighted by atomic mass is 9.91. The molecule has 46 heavy (non-hydrogen) atoms. The summed E-state index contributed by atoms with van der Waals surface area (Å²) < 4.78 is 26.2. The first-order valence-electron chi connectivity index (χ1n) is 15.9. The number of allylic oxidation sites excluding steroid dienone is 1. The van der Waals surface area contributed by atoms with Gasteiger partial charge in [0.1, 0.15) is 11.6 Å². The highest BCUT2D eigenvalue weighted by atomic mass is 19.1. The fourth-order valence-electron chi connectivity index (χ4n) is 5.97. The summed E-state index contributed by atoms with van der Waals surface area (Å²) in [7, 11) is 0. The van der Waals surface area contributed by atoms with Gasteiger partial charge in [-0.1, -0.05) is 52.1 Å². The molecule has 0 N–H and O–H groups in total. The van der Waals surface area contributed by atoms with Gasteiger partial charge in [0, 0.05) is 62.4 Å². The molecule has 2 saturated heterocycles. The number of piperidine rings is 2. The molecule has 2 aromatic carbocycles. The van der Waals surface area contributed by atoms with Gasteiger partial charge in [0.05, 0.1) is 0 Å². The number of aromatic nitrogens is 4. The summed E-state index contributed by atoms with van der Waals surface area (Å²) in [6.07, 6.45) is 18.0. The van der Waals surface area contributed by atoms with Crippen molar-refractivity contribution in [2.24, 2.45) is 0 Å². The van der Waals surface area contributed by atoms with Gasteiger partial charge in [0.15, 0.2) is 0 Å². The van der Waals surface area contributed by atoms with Crippen molar-refractivity contribution in [3.05, 3.63) is 113 Å². The fourth-order valence-corrected chi connectivity index (χ4v) is 5.97. The van der Waals surface area contributed by atoms with Crippen LogP contribution in [0.25, 0.3) is 5.57 Å². The van der Waals surface area contributed by atoms with Gasteiger partial charge in [0.2, 0.25) is 11.9 Å². The maximum absolute atomic E-state index is 13.1. The van der Waals surface area contributed by atoms with E-state index in [0.717, 1.165) is 72.3 Å². The van der Waals surface area contributed by atoms with Crippen molar-refractivity contribution in [3.63, 3.8) is 0 Å². The third kappa shape index (κ3) is 9.41. The Balaban J connectivity index is 0.000000240. The molecule has 1 atom stereocenters. The summed E-state index contributed by atoms with van der Waals surface area (Å²) in [5, 5.41) is 0. The first-order valence-corrected chi connectivity index (χ1v) is 15.9. The van der Waals surface area contributed by atoms with E-state index in [4.69, 9.17) is 0 Å². The largest absolute Gasteiger partial charge is 0.341 e. The average Bonchev–Trinajstić information content (AvgIpc) is 3.09. The number of anilines is 2. The van der Waals surface area contributed by atoms with Gasteiger partial charge in [-0.25, -0.2) is 28.7 Å². The molecule has 0 bridgehead atoms. The van der Waals surface area contributed by atoms with Gasteiger partial charge >= 0.3 is 0 Å². The van der Waals surface area contributed by atoms with Crippen molar-refractivity contribution in [2.45, 2.75) is 79.6 Å². The van der Waals surface area contributed by atoms with Crippen LogP contribution in [0.2, 0.25) is 0 Å². The lowest BCUT2D eigenvalue weighted by Crippen LogP contribution is -2.30. The smallest absolute Gasteiger partial charge is 0.225 e. The number of halogens is 2. The Bertz CT molecular complexity index is 1460. The second kappa shape index (κ2) is 18.1. The van der Waals surface area contributed by atoms with Crippen molar-refractivity contribution in [2.75, 3.05) is 36.0 Å². The van der Waals surface area contributed by atoms with E-state index in [1.807, 2.05) is 49.9 Å². The van der Waals surface area contributed by atoms with E-state index >= 15 is 0 Å². The van der Waals surface area contributed by atoms with Gasteiger partial charge < -0.3 is 9.80 Å². The van der Waals surface area contributed by atoms with E-state index < -0.39 is 0 Å². The number of hydrogen-bond donors (Lipinski definition) is 0. The standard InChI is InChI=1S/C18H22FN3.C18H20FN3.2CH4/c2*1-2-17(14-6-8-16(19)9-7-14)15-12-20-18(21-13-15)22-10-4-3-5-11-22;;/h6-9,12-13,17H,2-5,10-11H2,1H3;2,6-9,12-13H,3-5,10-11H2,1H3;2*1H4/b;17-2+;;. The van der Waals surface area contributed by atoms with Gasteiger partial charge in [-0.15, -0.1) is 0 Å². The normalized spacial score (nSPS) is 15.5. The first kappa shape index (κ1) is 36.3. The molecule has 0 aliphatic carbocycles. The topological polar surface area (TPSA) is 58.0 Å². The van der Waals surface area contributed by atoms with Gasteiger partial charge in [-0.05, 0) is 98.4 Å². The maximum atomic E-state index is 13.1. The molecule has 2 aromatic heterocycles. The molecular formula is C38H50F2N6. The molecule has 8 heteroatoms. The van der Waals surface area contributed by atoms with E-state index in [1.165, 1.54) is 62.8 Å². The van der Waals surface area contributed by atoms with Crippen molar-refractivity contribution >= 4 is 17.5 Å². The van der Waals surface area contributed by atoms with Crippen LogP contribution in [-0.4, -0.2) is 46.1 Å². The van der Waals surface area contributed by atoms with Crippen LogP contribution in [-0.2, 0) is 0 Å². The Labute approximate surface area is 274 Å². The van der Waals surface area contributed by atoms with E-state index in [-0.39, 0.29) is 32.4 Å². The van der Waals surface area contributed by atoms with Crippen LogP contribution in [0.4, 0.5) is 20.7 Å². The monoisotopic (exact) mass is 628 g/mol. The highest BCUT2D eigenvalue weighted by Gasteiger charge is 2.17. The van der Waals surface area contributed by atoms with Crippen molar-refractivity contribution in [3.8, 4) is 0 Å². The zero-order valence-electron chi connectivity index (χ0n) is 25.8. The molecule has 4 aromatic rings. The van der Waals surface area contributed by atoms with Crippen molar-refractivity contribution in [1.82, 2.24) is 19.9 Å². The number of benzene rings is 2. The zero-order chi connectivity index (χ0) is 30.7. The Hall–Kier alpha value is -4.20. The third-order valence-corrected chi connectivity index (χ3v) is 8.41. The third-order valence-electron chi connectivity index (χ3n) is 8.41. The quantitative estimate of drug-likeness (QED) is 0.203. The highest BCUT2D eigenvalue weighted by Crippen LogP contribution is 2.28. The second-order valence-electron chi connectivity index (χ2n) is 11.4. The minimum Gasteiger partial charge on any atom is -0.341 e. The van der Waals surface area contributed by atoms with Gasteiger partial charge in [-0.3, -0.25) is 0 Å². The Morgan fingerprint density at radius 3 is 1.50 bits per heavy atom. The van der Waals surface area contributed by atoms with Crippen LogP contribution in [0.1, 0.15) is 102 Å². The number of hydrogen-bond acceptors (Lipinski definition) is 6. The highest BCUT2D eigenvalue weighted by molar-refractivity contribution is 5.79. The summed E-state index contributed by atoms with van der Waals surface area (Å²) in [6.45, 7) is 8.27. The van der Waals surface area contributed by atoms with Gasteiger partial charge in [0.25, 0.3) is 0 Å². The molecular weight excluding hydrogens is 578 g/mol. The van der Waals surface area contributed by atoms with Crippen LogP contribution in [0.3, 0.4) is 0 Å². The first-order chi connectivity index (χ1) is 21.6. The minimum atomic E-state index is -0.226. The zero-order valence-corrected chi connectivity index (χ0v) is 25.8. The summed E-state index contributed by atoms with van der Waals surface area (Å²) in [4.78, 5) is 22.6. The predicted molar refractivity (Wildman–Crippen MR) is 187 cm³/mol. The molecule has 2 aliphatic heterocycles. The molecule has 0 saturated carbocycles. The number of nitrogens with zero attached hydrogens (tertiary/aromatic N) is 6. The van der Waals surface area contributed by atoms with Crippen molar-refractivity contribution < 1.29 is 8.78 Å². The Morgan fingerprint density at radius 2 is 1.07 bits per heavy atom. The molecule has 2 fully saturated rings. The Morgan fingerprint density at radius 1 is 0.630 bits per heavy atom. The molecule has 4 heterocycles. The SMILES string of the molecule is C.C.C/C=C(\c1ccc(F)cc1)c1cnc(N2CCCCC2)nc1.CCC(c1ccc(F)cc1)c1cnc(N2CCCCC2)nc1. The summed E-state index contributed by atoms with van der Waals surface area (Å²) >= 11 is 0. The molecule has 1 unspecified atom stereocenters. The summed E-state index contributed by atoms with van der Waals surface area (Å²) in [6, 6.07) is 13.2. The second-order valence-corrected chi connectivity index (χ2v) is 11.4. The van der Waals surface area contributed by atoms with Gasteiger partial charge in [-0.2, -0.15) is 0 Å². The Kier molecular flexibility index (Phi) is 14.2.